The molecule has 0 bridgehead atoms. The first kappa shape index (κ1) is 28.5. The molecule has 39 heavy (non-hydrogen) atoms. The Morgan fingerprint density at radius 1 is 1.18 bits per heavy atom. The van der Waals surface area contributed by atoms with Crippen LogP contribution in [0.5, 0.6) is 0 Å². The number of nitrogens with zero attached hydrogens (tertiary/aromatic N) is 5. The van der Waals surface area contributed by atoms with E-state index >= 15 is 0 Å². The topological polar surface area (TPSA) is 257 Å². The molecule has 0 saturated carbocycles. The number of H-pyrrole nitrogens is 1. The summed E-state index contributed by atoms with van der Waals surface area (Å²) in [5, 5.41) is 28.5. The number of hydrogen-bond acceptors (Lipinski definition) is 13. The van der Waals surface area contributed by atoms with Crippen molar-refractivity contribution in [3.05, 3.63) is 30.3 Å². The van der Waals surface area contributed by atoms with Crippen molar-refractivity contribution in [2.24, 2.45) is 16.3 Å². The highest BCUT2D eigenvalue weighted by molar-refractivity contribution is 7.92. The second-order valence-electron chi connectivity index (χ2n) is 9.08. The summed E-state index contributed by atoms with van der Waals surface area (Å²) in [5.41, 5.74) is 12.5. The number of hydrogen-bond donors (Lipinski definition) is 4. The van der Waals surface area contributed by atoms with Crippen molar-refractivity contribution in [3.8, 4) is 22.5 Å². The van der Waals surface area contributed by atoms with Crippen LogP contribution in [0.2, 0.25) is 0 Å². The molecule has 0 amide bonds. The number of benzene rings is 2. The fourth-order valence-electron chi connectivity index (χ4n) is 4.19. The predicted molar refractivity (Wildman–Crippen MR) is 141 cm³/mol. The molecule has 3 heterocycles. The highest BCUT2D eigenvalue weighted by Crippen LogP contribution is 2.43. The van der Waals surface area contributed by atoms with Gasteiger partial charge in [-0.25, -0.2) is 27.0 Å². The molecule has 1 fully saturated rings. The lowest BCUT2D eigenvalue weighted by Gasteiger charge is -2.46. The van der Waals surface area contributed by atoms with Gasteiger partial charge in [-0.05, 0) is 29.8 Å². The number of aliphatic carboxylic acids is 1. The molecule has 1 saturated heterocycles. The van der Waals surface area contributed by atoms with Crippen molar-refractivity contribution < 1.29 is 26.7 Å². The van der Waals surface area contributed by atoms with Gasteiger partial charge in [-0.15, -0.1) is 10.2 Å². The van der Waals surface area contributed by atoms with Crippen LogP contribution in [-0.2, 0) is 24.8 Å². The van der Waals surface area contributed by atoms with E-state index in [0.717, 1.165) is 11.6 Å². The standard InChI is InChI=1S/C19H21N9O4S3.C2H4O2/c1-19(7-20)8-28(9-19)35(31,32)13-6-5-10(11-3-2-4-12-15(11)23-18(21)33-12)14(16(13)34(22,29)30)17-24-26-27-25-17;1-2(3)4/h2-6H,7-9,20H2,1H3,(H2,21,23)(H2,22,29,30)(H,24,25,26,27);1H3,(H,3,4)/p-1. The molecule has 0 unspecified atom stereocenters. The first-order chi connectivity index (χ1) is 18.2. The number of fused-ring (bicyclic) bond motifs is 1. The number of nitrogen functional groups attached to an aromatic ring is 1. The van der Waals surface area contributed by atoms with Crippen LogP contribution in [0, 0.1) is 5.41 Å². The van der Waals surface area contributed by atoms with Crippen LogP contribution in [0.15, 0.2) is 40.1 Å². The number of thiazole rings is 1. The normalized spacial score (nSPS) is 15.4. The van der Waals surface area contributed by atoms with Gasteiger partial charge in [0.25, 0.3) is 0 Å². The minimum atomic E-state index is -4.60. The number of carboxylic acid groups (broad SMARTS) is 1. The molecule has 7 N–H and O–H groups in total. The third-order valence-electron chi connectivity index (χ3n) is 5.93. The van der Waals surface area contributed by atoms with Crippen molar-refractivity contribution >= 4 is 52.7 Å². The highest BCUT2D eigenvalue weighted by atomic mass is 32.2. The molecule has 2 aromatic carbocycles. The van der Waals surface area contributed by atoms with Gasteiger partial charge in [0.05, 0.1) is 15.8 Å². The molecule has 1 aliphatic heterocycles. The number of anilines is 1. The Hall–Kier alpha value is -3.55. The van der Waals surface area contributed by atoms with Crippen LogP contribution < -0.4 is 21.7 Å². The molecule has 1 aliphatic rings. The monoisotopic (exact) mass is 594 g/mol. The highest BCUT2D eigenvalue weighted by Gasteiger charge is 2.46. The van der Waals surface area contributed by atoms with Gasteiger partial charge in [-0.1, -0.05) is 36.5 Å². The third-order valence-corrected chi connectivity index (χ3v) is 9.73. The molecule has 18 heteroatoms. The van der Waals surface area contributed by atoms with Crippen LogP contribution in [-0.4, -0.2) is 72.4 Å². The summed E-state index contributed by atoms with van der Waals surface area (Å²) < 4.78 is 54.9. The zero-order valence-electron chi connectivity index (χ0n) is 20.7. The van der Waals surface area contributed by atoms with Gasteiger partial charge in [0, 0.05) is 36.6 Å². The number of nitrogens with two attached hydrogens (primary N) is 3. The summed E-state index contributed by atoms with van der Waals surface area (Å²) in [6, 6.07) is 7.99. The van der Waals surface area contributed by atoms with E-state index in [9.17, 15) is 16.8 Å². The summed E-state index contributed by atoms with van der Waals surface area (Å²) in [6.45, 7) is 3.40. The van der Waals surface area contributed by atoms with Crippen LogP contribution >= 0.6 is 11.3 Å². The zero-order valence-corrected chi connectivity index (χ0v) is 23.1. The summed E-state index contributed by atoms with van der Waals surface area (Å²) in [4.78, 5) is 12.1. The van der Waals surface area contributed by atoms with Gasteiger partial charge in [-0.2, -0.15) is 9.52 Å². The Bertz CT molecular complexity index is 1760. The first-order valence-corrected chi connectivity index (χ1v) is 14.9. The molecule has 0 radical (unpaired) electrons. The Balaban J connectivity index is 0.000000826. The van der Waals surface area contributed by atoms with Crippen LogP contribution in [0.1, 0.15) is 13.8 Å². The quantitative estimate of drug-likeness (QED) is 0.212. The lowest BCUT2D eigenvalue weighted by atomic mass is 9.84. The van der Waals surface area contributed by atoms with E-state index in [1.165, 1.54) is 27.8 Å². The SMILES string of the molecule is CC(=O)[O-].CC1(CN)CN(S(=O)(=O)c2ccc(-c3cccc4sc(N)nc34)c(-c3nn[nH]n3)c2S(N)(=O)=O)C1. The van der Waals surface area contributed by atoms with Crippen molar-refractivity contribution in [3.63, 3.8) is 0 Å². The molecule has 0 atom stereocenters. The van der Waals surface area contributed by atoms with Gasteiger partial charge in [0.1, 0.15) is 9.79 Å². The minimum Gasteiger partial charge on any atom is -0.550 e. The summed E-state index contributed by atoms with van der Waals surface area (Å²) in [6.07, 6.45) is 0. The zero-order chi connectivity index (χ0) is 28.8. The number of tetrazole rings is 1. The Morgan fingerprint density at radius 2 is 1.85 bits per heavy atom. The second-order valence-corrected chi connectivity index (χ2v) is 13.5. The van der Waals surface area contributed by atoms with Gasteiger partial charge >= 0.3 is 0 Å². The number of aromatic nitrogens is 5. The molecule has 5 rings (SSSR count). The maximum absolute atomic E-state index is 13.5. The van der Waals surface area contributed by atoms with Crippen LogP contribution in [0.25, 0.3) is 32.7 Å². The molecule has 0 spiro atoms. The number of rotatable bonds is 6. The van der Waals surface area contributed by atoms with E-state index in [-0.39, 0.29) is 31.0 Å². The summed E-state index contributed by atoms with van der Waals surface area (Å²) >= 11 is 1.26. The molecule has 0 aliphatic carbocycles. The predicted octanol–water partition coefficient (Wildman–Crippen LogP) is -0.901. The average Bonchev–Trinajstić information content (AvgIpc) is 3.49. The van der Waals surface area contributed by atoms with Gasteiger partial charge < -0.3 is 21.4 Å². The number of aromatic amines is 1. The van der Waals surface area contributed by atoms with Gasteiger partial charge in [0.15, 0.2) is 5.13 Å². The van der Waals surface area contributed by atoms with Crippen molar-refractivity contribution in [2.75, 3.05) is 25.4 Å². The molecule has 2 aromatic heterocycles. The minimum absolute atomic E-state index is 0.108. The van der Waals surface area contributed by atoms with Gasteiger partial charge in [-0.3, -0.25) is 0 Å². The number of primary sulfonamides is 1. The maximum atomic E-state index is 13.5. The Morgan fingerprint density at radius 3 is 2.41 bits per heavy atom. The fourth-order valence-corrected chi connectivity index (χ4v) is 8.27. The number of carboxylic acids is 1. The van der Waals surface area contributed by atoms with E-state index in [0.29, 0.717) is 21.8 Å². The van der Waals surface area contributed by atoms with E-state index < -0.39 is 41.2 Å². The van der Waals surface area contributed by atoms with E-state index in [1.54, 1.807) is 12.1 Å². The number of sulfonamides is 2. The lowest BCUT2D eigenvalue weighted by Crippen LogP contribution is -2.59. The maximum Gasteiger partial charge on any atom is 0.244 e. The lowest BCUT2D eigenvalue weighted by molar-refractivity contribution is -0.302. The van der Waals surface area contributed by atoms with E-state index in [1.807, 2.05) is 13.0 Å². The molecular formula is C21H24N9O6S3-. The fraction of sp³-hybridized carbons (Fsp3) is 0.286. The molecule has 208 valence electrons. The van der Waals surface area contributed by atoms with Crippen LogP contribution in [0.4, 0.5) is 5.13 Å². The smallest absolute Gasteiger partial charge is 0.244 e. The van der Waals surface area contributed by atoms with Crippen molar-refractivity contribution in [1.82, 2.24) is 29.9 Å². The van der Waals surface area contributed by atoms with Gasteiger partial charge in [0.2, 0.25) is 25.9 Å². The van der Waals surface area contributed by atoms with Crippen molar-refractivity contribution in [1.29, 1.82) is 0 Å². The number of nitrogens with one attached hydrogen (secondary N) is 1. The average molecular weight is 595 g/mol. The van der Waals surface area contributed by atoms with E-state index in [2.05, 4.69) is 25.6 Å². The third kappa shape index (κ3) is 5.47. The Kier molecular flexibility index (Phi) is 7.45. The second kappa shape index (κ2) is 10.2. The summed E-state index contributed by atoms with van der Waals surface area (Å²) in [5.74, 6) is -1.23. The number of carbonyl (C=O) groups is 1. The molecular weight excluding hydrogens is 570 g/mol. The largest absolute Gasteiger partial charge is 0.550 e. The Labute approximate surface area is 227 Å². The number of carbonyl (C=O) groups excluding carboxylic acids is 1. The molecule has 4 aromatic rings. The molecule has 15 nitrogen and oxygen atoms in total. The number of para-hydroxylation sites is 1. The van der Waals surface area contributed by atoms with Crippen molar-refractivity contribution in [2.45, 2.75) is 23.6 Å². The van der Waals surface area contributed by atoms with E-state index in [4.69, 9.17) is 26.5 Å². The van der Waals surface area contributed by atoms with Crippen LogP contribution in [0.3, 0.4) is 0 Å². The summed E-state index contributed by atoms with van der Waals surface area (Å²) in [7, 11) is -8.85. The first-order valence-electron chi connectivity index (χ1n) is 11.1.